The molecule has 1 spiro atoms. The van der Waals surface area contributed by atoms with Gasteiger partial charge < -0.3 is 24.2 Å². The zero-order valence-corrected chi connectivity index (χ0v) is 12.4. The van der Waals surface area contributed by atoms with Crippen LogP contribution in [-0.2, 0) is 14.3 Å². The summed E-state index contributed by atoms with van der Waals surface area (Å²) in [4.78, 5) is 28.8. The zero-order valence-electron chi connectivity index (χ0n) is 12.4. The number of morpholine rings is 1. The van der Waals surface area contributed by atoms with Gasteiger partial charge in [-0.2, -0.15) is 0 Å². The molecule has 2 aliphatic heterocycles. The predicted molar refractivity (Wildman–Crippen MR) is 72.4 cm³/mol. The van der Waals surface area contributed by atoms with E-state index in [1.807, 2.05) is 0 Å². The molecule has 2 fully saturated rings. The van der Waals surface area contributed by atoms with Gasteiger partial charge in [0.05, 0.1) is 32.9 Å². The van der Waals surface area contributed by atoms with Crippen LogP contribution in [0.3, 0.4) is 0 Å². The van der Waals surface area contributed by atoms with Crippen molar-refractivity contribution in [3.05, 3.63) is 0 Å². The van der Waals surface area contributed by atoms with Gasteiger partial charge in [0.25, 0.3) is 0 Å². The Hall–Kier alpha value is -1.34. The smallest absolute Gasteiger partial charge is 0.319 e. The Balaban J connectivity index is 2.11. The molecule has 7 heteroatoms. The van der Waals surface area contributed by atoms with E-state index in [1.165, 1.54) is 0 Å². The van der Waals surface area contributed by atoms with Gasteiger partial charge in [-0.05, 0) is 0 Å². The van der Waals surface area contributed by atoms with Gasteiger partial charge in [0.2, 0.25) is 5.91 Å². The molecule has 2 heterocycles. The molecule has 0 aromatic rings. The van der Waals surface area contributed by atoms with Gasteiger partial charge >= 0.3 is 6.03 Å². The summed E-state index contributed by atoms with van der Waals surface area (Å²) in [6.45, 7) is 4.99. The van der Waals surface area contributed by atoms with Crippen molar-refractivity contribution >= 4 is 11.9 Å². The first-order valence-electron chi connectivity index (χ1n) is 6.87. The van der Waals surface area contributed by atoms with Crippen molar-refractivity contribution in [2.45, 2.75) is 12.5 Å². The Kier molecular flexibility index (Phi) is 4.49. The topological polar surface area (TPSA) is 62.3 Å². The van der Waals surface area contributed by atoms with Gasteiger partial charge in [-0.15, -0.1) is 0 Å². The monoisotopic (exact) mass is 285 g/mol. The first-order valence-corrected chi connectivity index (χ1v) is 6.87. The van der Waals surface area contributed by atoms with Crippen LogP contribution in [0.15, 0.2) is 0 Å². The first kappa shape index (κ1) is 15.1. The van der Waals surface area contributed by atoms with Gasteiger partial charge in [0.15, 0.2) is 0 Å². The average molecular weight is 285 g/mol. The molecule has 0 aromatic heterocycles. The molecular weight excluding hydrogens is 262 g/mol. The largest absolute Gasteiger partial charge is 0.376 e. The molecule has 2 aliphatic rings. The fourth-order valence-electron chi connectivity index (χ4n) is 2.65. The molecule has 20 heavy (non-hydrogen) atoms. The molecule has 3 amide bonds. The Labute approximate surface area is 119 Å². The van der Waals surface area contributed by atoms with E-state index in [2.05, 4.69) is 0 Å². The summed E-state index contributed by atoms with van der Waals surface area (Å²) in [6.07, 6.45) is 0. The molecule has 114 valence electrons. The van der Waals surface area contributed by atoms with E-state index in [4.69, 9.17) is 9.47 Å². The maximum atomic E-state index is 12.1. The van der Waals surface area contributed by atoms with Crippen molar-refractivity contribution in [2.24, 2.45) is 0 Å². The number of urea groups is 1. The second kappa shape index (κ2) is 5.97. The van der Waals surface area contributed by atoms with Crippen LogP contribution >= 0.6 is 0 Å². The van der Waals surface area contributed by atoms with Crippen molar-refractivity contribution in [3.8, 4) is 0 Å². The Bertz CT molecular complexity index is 388. The van der Waals surface area contributed by atoms with Crippen molar-refractivity contribution in [1.82, 2.24) is 14.7 Å². The number of nitrogens with zero attached hydrogens (tertiary/aromatic N) is 3. The average Bonchev–Trinajstić information content (AvgIpc) is 2.61. The van der Waals surface area contributed by atoms with Gasteiger partial charge in [-0.3, -0.25) is 4.79 Å². The van der Waals surface area contributed by atoms with Crippen LogP contribution in [0.2, 0.25) is 0 Å². The summed E-state index contributed by atoms with van der Waals surface area (Å²) >= 11 is 0. The number of amides is 3. The minimum absolute atomic E-state index is 0.00883. The van der Waals surface area contributed by atoms with Crippen LogP contribution in [0.25, 0.3) is 0 Å². The summed E-state index contributed by atoms with van der Waals surface area (Å²) in [6, 6.07) is -0.0358. The highest BCUT2D eigenvalue weighted by Crippen LogP contribution is 2.23. The second-order valence-corrected chi connectivity index (χ2v) is 5.62. The third-order valence-electron chi connectivity index (χ3n) is 3.70. The number of rotatable bonds is 0. The van der Waals surface area contributed by atoms with E-state index in [0.29, 0.717) is 46.0 Å². The lowest BCUT2D eigenvalue weighted by Crippen LogP contribution is -2.61. The molecule has 0 radical (unpaired) electrons. The van der Waals surface area contributed by atoms with Crippen LogP contribution in [0.4, 0.5) is 4.79 Å². The fourth-order valence-corrected chi connectivity index (χ4v) is 2.65. The Morgan fingerprint density at radius 1 is 1.10 bits per heavy atom. The highest BCUT2D eigenvalue weighted by molar-refractivity contribution is 5.74. The van der Waals surface area contributed by atoms with Gasteiger partial charge in [0.1, 0.15) is 5.60 Å². The van der Waals surface area contributed by atoms with Crippen LogP contribution in [0, 0.1) is 0 Å². The van der Waals surface area contributed by atoms with E-state index in [-0.39, 0.29) is 11.9 Å². The number of hydrogen-bond acceptors (Lipinski definition) is 4. The number of carbonyl (C=O) groups excluding carboxylic acids is 2. The fraction of sp³-hybridized carbons (Fsp3) is 0.846. The van der Waals surface area contributed by atoms with Gasteiger partial charge in [0, 0.05) is 34.1 Å². The summed E-state index contributed by atoms with van der Waals surface area (Å²) in [5, 5.41) is 0. The molecule has 1 unspecified atom stereocenters. The summed E-state index contributed by atoms with van der Waals surface area (Å²) in [5.74, 6) is 0.00883. The number of carbonyl (C=O) groups is 2. The number of ether oxygens (including phenoxy) is 2. The number of hydrogen-bond donors (Lipinski definition) is 0. The lowest BCUT2D eigenvalue weighted by molar-refractivity contribution is -0.145. The molecule has 0 aliphatic carbocycles. The van der Waals surface area contributed by atoms with Crippen molar-refractivity contribution in [3.63, 3.8) is 0 Å². The first-order chi connectivity index (χ1) is 9.43. The van der Waals surface area contributed by atoms with E-state index >= 15 is 0 Å². The van der Waals surface area contributed by atoms with Gasteiger partial charge in [-0.1, -0.05) is 0 Å². The van der Waals surface area contributed by atoms with Crippen molar-refractivity contribution < 1.29 is 19.1 Å². The summed E-state index contributed by atoms with van der Waals surface area (Å²) < 4.78 is 11.5. The molecular formula is C13H23N3O4. The molecule has 0 saturated carbocycles. The molecule has 1 atom stereocenters. The Morgan fingerprint density at radius 2 is 1.75 bits per heavy atom. The van der Waals surface area contributed by atoms with E-state index in [0.717, 1.165) is 0 Å². The maximum Gasteiger partial charge on any atom is 0.319 e. The quantitative estimate of drug-likeness (QED) is 0.608. The molecule has 0 bridgehead atoms. The Morgan fingerprint density at radius 3 is 2.40 bits per heavy atom. The maximum absolute atomic E-state index is 12.1. The standard InChI is InChI=1S/C13H23N3O4/c1-11(17)15-4-6-19-10-13(8-15)9-16(5-7-20-13)12(18)14(2)3/h4-10H2,1-3H3. The predicted octanol–water partition coefficient (Wildman–Crippen LogP) is -0.382. The molecule has 2 rings (SSSR count). The third kappa shape index (κ3) is 3.21. The normalized spacial score (nSPS) is 27.4. The van der Waals surface area contributed by atoms with Crippen molar-refractivity contribution in [2.75, 3.05) is 60.1 Å². The highest BCUT2D eigenvalue weighted by atomic mass is 16.5. The van der Waals surface area contributed by atoms with Crippen LogP contribution < -0.4 is 0 Å². The molecule has 0 N–H and O–H groups in total. The molecule has 7 nitrogen and oxygen atoms in total. The minimum Gasteiger partial charge on any atom is -0.376 e. The van der Waals surface area contributed by atoms with E-state index < -0.39 is 5.60 Å². The summed E-state index contributed by atoms with van der Waals surface area (Å²) in [7, 11) is 3.46. The second-order valence-electron chi connectivity index (χ2n) is 5.62. The van der Waals surface area contributed by atoms with Crippen LogP contribution in [0.5, 0.6) is 0 Å². The molecule has 2 saturated heterocycles. The van der Waals surface area contributed by atoms with E-state index in [1.54, 1.807) is 35.7 Å². The molecule has 0 aromatic carbocycles. The minimum atomic E-state index is -0.605. The lowest BCUT2D eigenvalue weighted by atomic mass is 10.0. The van der Waals surface area contributed by atoms with Crippen molar-refractivity contribution in [1.29, 1.82) is 0 Å². The third-order valence-corrected chi connectivity index (χ3v) is 3.70. The highest BCUT2D eigenvalue weighted by Gasteiger charge is 2.42. The lowest BCUT2D eigenvalue weighted by Gasteiger charge is -2.43. The van der Waals surface area contributed by atoms with E-state index in [9.17, 15) is 9.59 Å². The van der Waals surface area contributed by atoms with Crippen LogP contribution in [0.1, 0.15) is 6.92 Å². The SMILES string of the molecule is CC(=O)N1CCOCC2(C1)CN(C(=O)N(C)C)CCO2. The van der Waals surface area contributed by atoms with Gasteiger partial charge in [-0.25, -0.2) is 4.79 Å². The zero-order chi connectivity index (χ0) is 14.8. The summed E-state index contributed by atoms with van der Waals surface area (Å²) in [5.41, 5.74) is -0.605. The van der Waals surface area contributed by atoms with Crippen LogP contribution in [-0.4, -0.2) is 92.3 Å².